The van der Waals surface area contributed by atoms with Crippen LogP contribution in [0.2, 0.25) is 0 Å². The second kappa shape index (κ2) is 9.72. The highest BCUT2D eigenvalue weighted by molar-refractivity contribution is 5.75. The van der Waals surface area contributed by atoms with Crippen LogP contribution < -0.4 is 10.6 Å². The first-order valence-electron chi connectivity index (χ1n) is 10.2. The van der Waals surface area contributed by atoms with Crippen molar-refractivity contribution in [2.45, 2.75) is 25.6 Å². The molecule has 31 heavy (non-hydrogen) atoms. The predicted octanol–water partition coefficient (Wildman–Crippen LogP) is 3.53. The lowest BCUT2D eigenvalue weighted by molar-refractivity contribution is 0.135. The Morgan fingerprint density at radius 3 is 2.87 bits per heavy atom. The topological polar surface area (TPSA) is 79.6 Å². The van der Waals surface area contributed by atoms with E-state index in [4.69, 9.17) is 9.15 Å². The van der Waals surface area contributed by atoms with Gasteiger partial charge in [0.2, 0.25) is 0 Å². The molecule has 7 nitrogen and oxygen atoms in total. The number of hydrogen-bond donors (Lipinski definition) is 2. The normalized spacial score (nSPS) is 18.9. The number of allylic oxidation sites excluding steroid dienone is 5. The maximum Gasteiger partial charge on any atom is 0.414 e. The van der Waals surface area contributed by atoms with E-state index in [2.05, 4.69) is 15.6 Å². The van der Waals surface area contributed by atoms with E-state index >= 15 is 4.39 Å². The van der Waals surface area contributed by atoms with Crippen molar-refractivity contribution in [1.82, 2.24) is 20.5 Å². The van der Waals surface area contributed by atoms with Crippen LogP contribution in [-0.4, -0.2) is 42.2 Å². The van der Waals surface area contributed by atoms with E-state index < -0.39 is 11.9 Å². The van der Waals surface area contributed by atoms with Gasteiger partial charge in [0.15, 0.2) is 0 Å². The number of rotatable bonds is 8. The van der Waals surface area contributed by atoms with Crippen LogP contribution in [0.15, 0.2) is 71.1 Å². The van der Waals surface area contributed by atoms with E-state index in [9.17, 15) is 4.79 Å². The van der Waals surface area contributed by atoms with Gasteiger partial charge in [0.25, 0.3) is 0 Å². The molecule has 1 aliphatic carbocycles. The second-order valence-corrected chi connectivity index (χ2v) is 7.46. The lowest BCUT2D eigenvalue weighted by Gasteiger charge is -2.13. The Bertz CT molecular complexity index is 996. The number of amides is 1. The van der Waals surface area contributed by atoms with Crippen molar-refractivity contribution in [3.05, 3.63) is 83.5 Å². The summed E-state index contributed by atoms with van der Waals surface area (Å²) in [6, 6.07) is 5.67. The summed E-state index contributed by atoms with van der Waals surface area (Å²) in [7, 11) is 1.80. The summed E-state index contributed by atoms with van der Waals surface area (Å²) >= 11 is 0. The molecular weight excluding hydrogens is 399 g/mol. The first-order chi connectivity index (χ1) is 15.1. The molecule has 1 atom stereocenters. The fraction of sp³-hybridized carbons (Fsp3) is 0.304. The summed E-state index contributed by atoms with van der Waals surface area (Å²) in [4.78, 5) is 18.1. The van der Waals surface area contributed by atoms with Crippen LogP contribution in [0.3, 0.4) is 0 Å². The Morgan fingerprint density at radius 2 is 2.13 bits per heavy atom. The monoisotopic (exact) mass is 424 g/mol. The van der Waals surface area contributed by atoms with Gasteiger partial charge < -0.3 is 19.8 Å². The first-order valence-corrected chi connectivity index (χ1v) is 10.2. The van der Waals surface area contributed by atoms with Crippen LogP contribution in [-0.2, 0) is 17.8 Å². The Balaban J connectivity index is 1.43. The van der Waals surface area contributed by atoms with Crippen LogP contribution in [0.5, 0.6) is 0 Å². The molecule has 3 heterocycles. The molecule has 1 unspecified atom stereocenters. The predicted molar refractivity (Wildman–Crippen MR) is 114 cm³/mol. The number of aromatic nitrogens is 1. The van der Waals surface area contributed by atoms with Gasteiger partial charge in [0, 0.05) is 42.7 Å². The fourth-order valence-electron chi connectivity index (χ4n) is 3.57. The molecule has 2 N–H and O–H groups in total. The van der Waals surface area contributed by atoms with Gasteiger partial charge in [-0.05, 0) is 43.3 Å². The average Bonchev–Trinajstić information content (AvgIpc) is 3.36. The lowest BCUT2D eigenvalue weighted by Crippen LogP contribution is -2.28. The molecule has 162 valence electrons. The minimum absolute atomic E-state index is 0.252. The number of halogens is 1. The van der Waals surface area contributed by atoms with Crippen LogP contribution in [0, 0.1) is 0 Å². The van der Waals surface area contributed by atoms with Crippen LogP contribution in [0.25, 0.3) is 5.57 Å². The van der Waals surface area contributed by atoms with E-state index in [0.717, 1.165) is 11.1 Å². The zero-order valence-electron chi connectivity index (χ0n) is 17.3. The van der Waals surface area contributed by atoms with Gasteiger partial charge >= 0.3 is 6.09 Å². The summed E-state index contributed by atoms with van der Waals surface area (Å²) in [6.07, 6.45) is 9.74. The Hall–Kier alpha value is -3.23. The third-order valence-corrected chi connectivity index (χ3v) is 5.16. The van der Waals surface area contributed by atoms with E-state index in [1.165, 1.54) is 11.0 Å². The molecule has 0 radical (unpaired) electrons. The third-order valence-electron chi connectivity index (χ3n) is 5.16. The number of nitrogens with one attached hydrogen (secondary N) is 2. The number of likely N-dealkylation sites (N-methyl/N-ethyl adjacent to an activating group) is 1. The molecule has 0 spiro atoms. The number of cyclic esters (lactones) is 1. The van der Waals surface area contributed by atoms with Gasteiger partial charge in [-0.25, -0.2) is 9.18 Å². The summed E-state index contributed by atoms with van der Waals surface area (Å²) in [5, 5.41) is 6.30. The summed E-state index contributed by atoms with van der Waals surface area (Å²) in [5.74, 6) is -0.400. The largest absolute Gasteiger partial charge is 0.472 e. The van der Waals surface area contributed by atoms with Gasteiger partial charge in [-0.1, -0.05) is 12.1 Å². The van der Waals surface area contributed by atoms with Crippen LogP contribution in [0.4, 0.5) is 9.18 Å². The number of ether oxygens (including phenoxy) is 1. The molecular formula is C23H25FN4O3. The highest BCUT2D eigenvalue weighted by Crippen LogP contribution is 2.29. The average molecular weight is 424 g/mol. The number of carbonyl (C=O) groups excluding carboxylic acids is 1. The van der Waals surface area contributed by atoms with Crippen molar-refractivity contribution < 1.29 is 18.3 Å². The molecule has 1 saturated heterocycles. The second-order valence-electron chi connectivity index (χ2n) is 7.46. The van der Waals surface area contributed by atoms with Crippen molar-refractivity contribution in [3.8, 4) is 0 Å². The molecule has 1 aliphatic heterocycles. The third kappa shape index (κ3) is 5.10. The Morgan fingerprint density at radius 1 is 1.26 bits per heavy atom. The lowest BCUT2D eigenvalue weighted by atomic mass is 10.1. The SMILES string of the molecule is CNCC1CN(C2=CC(F)=C(c3ccc(CNCc4ccoc4)cn3)CC=C2)C(=O)O1. The summed E-state index contributed by atoms with van der Waals surface area (Å²) in [6.45, 7) is 2.28. The van der Waals surface area contributed by atoms with E-state index in [1.807, 2.05) is 24.3 Å². The number of hydrogen-bond acceptors (Lipinski definition) is 6. The van der Waals surface area contributed by atoms with Gasteiger partial charge in [-0.2, -0.15) is 0 Å². The molecule has 2 aliphatic rings. The molecule has 1 fully saturated rings. The minimum atomic E-state index is -0.460. The number of carbonyl (C=O) groups is 1. The van der Waals surface area contributed by atoms with Crippen molar-refractivity contribution in [3.63, 3.8) is 0 Å². The summed E-state index contributed by atoms with van der Waals surface area (Å²) < 4.78 is 25.4. The molecule has 0 aromatic carbocycles. The Kier molecular flexibility index (Phi) is 6.59. The fourth-order valence-corrected chi connectivity index (χ4v) is 3.57. The maximum absolute atomic E-state index is 15.0. The van der Waals surface area contributed by atoms with Crippen molar-refractivity contribution in [1.29, 1.82) is 0 Å². The van der Waals surface area contributed by atoms with Gasteiger partial charge in [0.05, 0.1) is 24.8 Å². The van der Waals surface area contributed by atoms with E-state index in [1.54, 1.807) is 31.8 Å². The number of furan rings is 1. The van der Waals surface area contributed by atoms with Gasteiger partial charge in [-0.3, -0.25) is 9.88 Å². The van der Waals surface area contributed by atoms with Crippen LogP contribution >= 0.6 is 0 Å². The number of pyridine rings is 1. The minimum Gasteiger partial charge on any atom is -0.472 e. The van der Waals surface area contributed by atoms with Gasteiger partial charge in [0.1, 0.15) is 11.9 Å². The highest BCUT2D eigenvalue weighted by atomic mass is 19.1. The van der Waals surface area contributed by atoms with Crippen molar-refractivity contribution in [2.24, 2.45) is 0 Å². The zero-order valence-corrected chi connectivity index (χ0v) is 17.3. The molecule has 0 bridgehead atoms. The van der Waals surface area contributed by atoms with E-state index in [0.29, 0.717) is 49.6 Å². The smallest absolute Gasteiger partial charge is 0.414 e. The Labute approximate surface area is 180 Å². The molecule has 2 aromatic heterocycles. The molecule has 1 amide bonds. The quantitative estimate of drug-likeness (QED) is 0.675. The van der Waals surface area contributed by atoms with E-state index in [-0.39, 0.29) is 6.10 Å². The molecule has 8 heteroatoms. The first kappa shape index (κ1) is 21.0. The van der Waals surface area contributed by atoms with Crippen molar-refractivity contribution >= 4 is 11.7 Å². The van der Waals surface area contributed by atoms with Gasteiger partial charge in [-0.15, -0.1) is 0 Å². The maximum atomic E-state index is 15.0. The molecule has 4 rings (SSSR count). The zero-order chi connectivity index (χ0) is 21.6. The number of nitrogens with zero attached hydrogens (tertiary/aromatic N) is 2. The molecule has 0 saturated carbocycles. The van der Waals surface area contributed by atoms with Crippen molar-refractivity contribution in [2.75, 3.05) is 20.1 Å². The van der Waals surface area contributed by atoms with Crippen LogP contribution in [0.1, 0.15) is 23.2 Å². The molecule has 2 aromatic rings. The highest BCUT2D eigenvalue weighted by Gasteiger charge is 2.33. The standard InChI is InChI=1S/C23H25FN4O3/c1-25-13-19-14-28(23(29)31-19)18-3-2-4-20(21(24)9-18)22-6-5-16(12-27-22)10-26-11-17-7-8-30-15-17/h2-3,5-9,12,15,19,25-26H,4,10-11,13-14H2,1H3. The summed E-state index contributed by atoms with van der Waals surface area (Å²) in [5.41, 5.74) is 3.63.